The molecule has 0 unspecified atom stereocenters. The summed E-state index contributed by atoms with van der Waals surface area (Å²) in [5, 5.41) is 19.9. The van der Waals surface area contributed by atoms with Gasteiger partial charge in [-0.25, -0.2) is 8.42 Å². The lowest BCUT2D eigenvalue weighted by Gasteiger charge is -2.27. The summed E-state index contributed by atoms with van der Waals surface area (Å²) >= 11 is 0. The molecule has 2 N–H and O–H groups in total. The molecule has 0 atom stereocenters. The Morgan fingerprint density at radius 1 is 0.760 bits per heavy atom. The Labute approximate surface area is 144 Å². The predicted molar refractivity (Wildman–Crippen MR) is 94.2 cm³/mol. The number of phenols is 2. The molecule has 0 bridgehead atoms. The molecule has 0 radical (unpaired) electrons. The summed E-state index contributed by atoms with van der Waals surface area (Å²) in [5.41, 5.74) is 4.11. The molecule has 25 heavy (non-hydrogen) atoms. The second kappa shape index (κ2) is 4.43. The SMILES string of the molecule is O=S1(=O)Cc2ccccc2C12c1ccc(O)cc1-c1cc(O)ccc12. The van der Waals surface area contributed by atoms with Crippen LogP contribution >= 0.6 is 0 Å². The van der Waals surface area contributed by atoms with Crippen molar-refractivity contribution < 1.29 is 18.6 Å². The highest BCUT2D eigenvalue weighted by Crippen LogP contribution is 2.60. The van der Waals surface area contributed by atoms with E-state index in [4.69, 9.17) is 0 Å². The van der Waals surface area contributed by atoms with Crippen LogP contribution in [0.1, 0.15) is 22.3 Å². The highest BCUT2D eigenvalue weighted by Gasteiger charge is 2.58. The van der Waals surface area contributed by atoms with Gasteiger partial charge in [-0.15, -0.1) is 0 Å². The molecule has 124 valence electrons. The number of benzene rings is 3. The predicted octanol–water partition coefficient (Wildman–Crippen LogP) is 3.30. The quantitative estimate of drug-likeness (QED) is 0.652. The van der Waals surface area contributed by atoms with Crippen LogP contribution in [0.3, 0.4) is 0 Å². The van der Waals surface area contributed by atoms with E-state index in [9.17, 15) is 18.6 Å². The van der Waals surface area contributed by atoms with Crippen molar-refractivity contribution in [1.82, 2.24) is 0 Å². The van der Waals surface area contributed by atoms with Crippen molar-refractivity contribution in [3.63, 3.8) is 0 Å². The fraction of sp³-hybridized carbons (Fsp3) is 0.100. The fourth-order valence-electron chi connectivity index (χ4n) is 4.36. The molecule has 1 heterocycles. The van der Waals surface area contributed by atoms with Gasteiger partial charge in [0.25, 0.3) is 0 Å². The first-order valence-electron chi connectivity index (χ1n) is 7.93. The van der Waals surface area contributed by atoms with Gasteiger partial charge in [0.15, 0.2) is 9.84 Å². The number of hydrogen-bond donors (Lipinski definition) is 2. The van der Waals surface area contributed by atoms with E-state index >= 15 is 0 Å². The third kappa shape index (κ3) is 1.59. The number of fused-ring (bicyclic) bond motifs is 7. The summed E-state index contributed by atoms with van der Waals surface area (Å²) in [7, 11) is -3.56. The van der Waals surface area contributed by atoms with Gasteiger partial charge in [-0.2, -0.15) is 0 Å². The molecule has 5 rings (SSSR count). The molecule has 1 aliphatic heterocycles. The van der Waals surface area contributed by atoms with Crippen molar-refractivity contribution in [3.8, 4) is 22.6 Å². The maximum Gasteiger partial charge on any atom is 0.172 e. The van der Waals surface area contributed by atoms with Crippen LogP contribution in [-0.2, 0) is 20.3 Å². The zero-order valence-corrected chi connectivity index (χ0v) is 13.9. The molecule has 0 amide bonds. The molecule has 1 spiro atoms. The smallest absolute Gasteiger partial charge is 0.172 e. The number of phenolic OH excluding ortho intramolecular Hbond substituents is 2. The Hall–Kier alpha value is -2.79. The maximum atomic E-state index is 13.4. The molecule has 3 aromatic rings. The van der Waals surface area contributed by atoms with E-state index in [2.05, 4.69) is 0 Å². The zero-order chi connectivity index (χ0) is 17.4. The minimum Gasteiger partial charge on any atom is -0.508 e. The summed E-state index contributed by atoms with van der Waals surface area (Å²) in [6.07, 6.45) is 0. The van der Waals surface area contributed by atoms with Gasteiger partial charge in [0.1, 0.15) is 16.2 Å². The molecule has 0 aromatic heterocycles. The highest BCUT2D eigenvalue weighted by molar-refractivity contribution is 7.92. The Bertz CT molecular complexity index is 1110. The van der Waals surface area contributed by atoms with Gasteiger partial charge < -0.3 is 10.2 Å². The zero-order valence-electron chi connectivity index (χ0n) is 13.1. The van der Waals surface area contributed by atoms with Crippen molar-refractivity contribution in [2.24, 2.45) is 0 Å². The Balaban J connectivity index is 2.02. The standard InChI is InChI=1S/C20H14O4S/c21-13-5-7-18-15(9-13)16-10-14(22)6-8-19(16)20(18)17-4-2-1-3-12(17)11-25(20,23)24/h1-10,21-22H,11H2. The van der Waals surface area contributed by atoms with Gasteiger partial charge in [-0.3, -0.25) is 0 Å². The summed E-state index contributed by atoms with van der Waals surface area (Å²) in [6.45, 7) is 0. The third-order valence-corrected chi connectivity index (χ3v) is 7.55. The van der Waals surface area contributed by atoms with Crippen LogP contribution < -0.4 is 0 Å². The van der Waals surface area contributed by atoms with Crippen LogP contribution in [0, 0.1) is 0 Å². The second-order valence-electron chi connectivity index (χ2n) is 6.56. The first-order valence-corrected chi connectivity index (χ1v) is 9.58. The maximum absolute atomic E-state index is 13.4. The summed E-state index contributed by atoms with van der Waals surface area (Å²) in [5.74, 6) is 0.103. The van der Waals surface area contributed by atoms with Crippen molar-refractivity contribution in [2.45, 2.75) is 10.5 Å². The first-order chi connectivity index (χ1) is 11.9. The lowest BCUT2D eigenvalue weighted by molar-refractivity contribution is 0.474. The molecular weight excluding hydrogens is 336 g/mol. The lowest BCUT2D eigenvalue weighted by Crippen LogP contribution is -2.32. The van der Waals surface area contributed by atoms with E-state index < -0.39 is 14.6 Å². The van der Waals surface area contributed by atoms with Gasteiger partial charge in [-0.1, -0.05) is 36.4 Å². The molecule has 0 saturated heterocycles. The number of hydrogen-bond acceptors (Lipinski definition) is 4. The minimum atomic E-state index is -3.56. The Morgan fingerprint density at radius 2 is 1.32 bits per heavy atom. The Morgan fingerprint density at radius 3 is 1.92 bits per heavy atom. The number of aromatic hydroxyl groups is 2. The molecule has 5 heteroatoms. The summed E-state index contributed by atoms with van der Waals surface area (Å²) in [6, 6.07) is 16.9. The normalized spacial score (nSPS) is 17.9. The van der Waals surface area contributed by atoms with E-state index in [0.717, 1.165) is 11.1 Å². The molecular formula is C20H14O4S. The molecule has 3 aromatic carbocycles. The topological polar surface area (TPSA) is 74.6 Å². The van der Waals surface area contributed by atoms with Crippen molar-refractivity contribution in [2.75, 3.05) is 0 Å². The molecule has 4 nitrogen and oxygen atoms in total. The second-order valence-corrected chi connectivity index (χ2v) is 8.69. The summed E-state index contributed by atoms with van der Waals surface area (Å²) < 4.78 is 25.5. The van der Waals surface area contributed by atoms with Crippen LogP contribution in [0.2, 0.25) is 0 Å². The van der Waals surface area contributed by atoms with E-state index in [1.807, 2.05) is 24.3 Å². The van der Waals surface area contributed by atoms with Crippen LogP contribution in [-0.4, -0.2) is 18.6 Å². The van der Waals surface area contributed by atoms with Gasteiger partial charge in [0.2, 0.25) is 0 Å². The molecule has 2 aliphatic rings. The monoisotopic (exact) mass is 350 g/mol. The van der Waals surface area contributed by atoms with Gasteiger partial charge in [-0.05, 0) is 57.6 Å². The van der Waals surface area contributed by atoms with Crippen LogP contribution in [0.4, 0.5) is 0 Å². The Kier molecular flexibility index (Phi) is 2.58. The van der Waals surface area contributed by atoms with Gasteiger partial charge in [0, 0.05) is 0 Å². The highest BCUT2D eigenvalue weighted by atomic mass is 32.2. The van der Waals surface area contributed by atoms with Crippen LogP contribution in [0.5, 0.6) is 11.5 Å². The van der Waals surface area contributed by atoms with Crippen LogP contribution in [0.15, 0.2) is 60.7 Å². The van der Waals surface area contributed by atoms with Crippen molar-refractivity contribution in [3.05, 3.63) is 82.9 Å². The first kappa shape index (κ1) is 14.5. The van der Waals surface area contributed by atoms with E-state index in [1.165, 1.54) is 12.1 Å². The average molecular weight is 350 g/mol. The number of rotatable bonds is 0. The number of sulfone groups is 1. The fourth-order valence-corrected chi connectivity index (χ4v) is 6.80. The largest absolute Gasteiger partial charge is 0.508 e. The van der Waals surface area contributed by atoms with E-state index in [0.29, 0.717) is 22.3 Å². The van der Waals surface area contributed by atoms with Crippen molar-refractivity contribution >= 4 is 9.84 Å². The lowest BCUT2D eigenvalue weighted by atomic mass is 9.86. The van der Waals surface area contributed by atoms with Gasteiger partial charge in [0.05, 0.1) is 5.75 Å². The van der Waals surface area contributed by atoms with Gasteiger partial charge >= 0.3 is 0 Å². The molecule has 1 aliphatic carbocycles. The minimum absolute atomic E-state index is 0.0240. The van der Waals surface area contributed by atoms with E-state index in [-0.39, 0.29) is 17.3 Å². The molecule has 0 saturated carbocycles. The third-order valence-electron chi connectivity index (χ3n) is 5.26. The van der Waals surface area contributed by atoms with Crippen molar-refractivity contribution in [1.29, 1.82) is 0 Å². The molecule has 0 fully saturated rings. The average Bonchev–Trinajstić information content (AvgIpc) is 2.98. The van der Waals surface area contributed by atoms with E-state index in [1.54, 1.807) is 24.3 Å². The summed E-state index contributed by atoms with van der Waals surface area (Å²) in [4.78, 5) is 0. The van der Waals surface area contributed by atoms with Crippen LogP contribution in [0.25, 0.3) is 11.1 Å².